The zero-order valence-electron chi connectivity index (χ0n) is 11.5. The lowest BCUT2D eigenvalue weighted by Crippen LogP contribution is -1.83. The first-order valence-electron chi connectivity index (χ1n) is 6.75. The fourth-order valence-electron chi connectivity index (χ4n) is 2.19. The molecule has 0 aliphatic heterocycles. The molecular weight excluding hydrogens is 278 g/mol. The average Bonchev–Trinajstić information content (AvgIpc) is 3.28. The number of hydrogen-bond acceptors (Lipinski definition) is 5. The highest BCUT2D eigenvalue weighted by Crippen LogP contribution is 2.25. The molecule has 0 saturated heterocycles. The molecule has 0 amide bonds. The zero-order chi connectivity index (χ0) is 14.8. The monoisotopic (exact) mass is 289 g/mol. The summed E-state index contributed by atoms with van der Waals surface area (Å²) in [5.74, 6) is 1.14. The van der Waals surface area contributed by atoms with Crippen molar-refractivity contribution in [2.75, 3.05) is 0 Å². The van der Waals surface area contributed by atoms with Gasteiger partial charge in [0.15, 0.2) is 0 Å². The van der Waals surface area contributed by atoms with Crippen LogP contribution in [0.3, 0.4) is 0 Å². The van der Waals surface area contributed by atoms with Crippen molar-refractivity contribution < 1.29 is 4.42 Å². The Morgan fingerprint density at radius 3 is 2.32 bits per heavy atom. The number of nitrogens with zero attached hydrogens (tertiary/aromatic N) is 4. The van der Waals surface area contributed by atoms with Crippen LogP contribution in [0, 0.1) is 0 Å². The van der Waals surface area contributed by atoms with Gasteiger partial charge in [-0.05, 0) is 17.3 Å². The van der Waals surface area contributed by atoms with Crippen molar-refractivity contribution in [3.63, 3.8) is 0 Å². The van der Waals surface area contributed by atoms with E-state index in [1.807, 2.05) is 54.6 Å². The molecule has 6 heteroatoms. The second-order valence-electron chi connectivity index (χ2n) is 4.72. The summed E-state index contributed by atoms with van der Waals surface area (Å²) in [6.07, 6.45) is 1.66. The largest absolute Gasteiger partial charge is 0.444 e. The maximum atomic E-state index is 5.57. The molecule has 0 spiro atoms. The van der Waals surface area contributed by atoms with E-state index in [0.29, 0.717) is 11.7 Å². The van der Waals surface area contributed by atoms with Crippen molar-refractivity contribution in [1.82, 2.24) is 25.6 Å². The summed E-state index contributed by atoms with van der Waals surface area (Å²) in [6, 6.07) is 17.6. The van der Waals surface area contributed by atoms with Crippen LogP contribution < -0.4 is 0 Å². The summed E-state index contributed by atoms with van der Waals surface area (Å²) in [5, 5.41) is 13.9. The highest BCUT2D eigenvalue weighted by atomic mass is 16.3. The molecule has 0 radical (unpaired) electrons. The summed E-state index contributed by atoms with van der Waals surface area (Å²) < 4.78 is 5.57. The highest BCUT2D eigenvalue weighted by molar-refractivity contribution is 5.65. The molecule has 0 atom stereocenters. The van der Waals surface area contributed by atoms with Crippen molar-refractivity contribution in [1.29, 1.82) is 0 Å². The van der Waals surface area contributed by atoms with Gasteiger partial charge in [0.05, 0.1) is 0 Å². The maximum absolute atomic E-state index is 5.57. The molecule has 22 heavy (non-hydrogen) atoms. The molecule has 0 saturated carbocycles. The minimum Gasteiger partial charge on any atom is -0.444 e. The van der Waals surface area contributed by atoms with Crippen LogP contribution in [0.2, 0.25) is 0 Å². The Hall–Kier alpha value is -3.28. The van der Waals surface area contributed by atoms with Gasteiger partial charge in [0, 0.05) is 16.7 Å². The summed E-state index contributed by atoms with van der Waals surface area (Å²) in [5.41, 5.74) is 3.63. The second kappa shape index (κ2) is 5.25. The number of aromatic amines is 1. The summed E-state index contributed by atoms with van der Waals surface area (Å²) in [6.45, 7) is 0. The van der Waals surface area contributed by atoms with Gasteiger partial charge >= 0.3 is 0 Å². The van der Waals surface area contributed by atoms with Gasteiger partial charge in [-0.2, -0.15) is 5.21 Å². The Balaban J connectivity index is 1.64. The normalized spacial score (nSPS) is 10.7. The molecule has 106 valence electrons. The van der Waals surface area contributed by atoms with Crippen LogP contribution >= 0.6 is 0 Å². The quantitative estimate of drug-likeness (QED) is 0.626. The fourth-order valence-corrected chi connectivity index (χ4v) is 2.19. The first-order valence-corrected chi connectivity index (χ1v) is 6.75. The van der Waals surface area contributed by atoms with Crippen LogP contribution in [0.1, 0.15) is 0 Å². The summed E-state index contributed by atoms with van der Waals surface area (Å²) >= 11 is 0. The lowest BCUT2D eigenvalue weighted by atomic mass is 10.1. The molecule has 0 fully saturated rings. The molecule has 2 aromatic heterocycles. The van der Waals surface area contributed by atoms with E-state index < -0.39 is 0 Å². The molecule has 4 rings (SSSR count). The number of benzene rings is 2. The average molecular weight is 289 g/mol. The molecule has 0 unspecified atom stereocenters. The van der Waals surface area contributed by atoms with E-state index >= 15 is 0 Å². The van der Waals surface area contributed by atoms with Crippen molar-refractivity contribution in [2.24, 2.45) is 0 Å². The van der Waals surface area contributed by atoms with E-state index in [9.17, 15) is 0 Å². The van der Waals surface area contributed by atoms with Gasteiger partial charge < -0.3 is 4.42 Å². The molecule has 0 aliphatic rings. The van der Waals surface area contributed by atoms with Crippen LogP contribution in [0.5, 0.6) is 0 Å². The standard InChI is InChI=1S/C16H11N5O/c1-2-4-11(5-3-1)14-10-22-16(17-14)13-8-6-12(7-9-13)15-18-20-21-19-15/h1-10H,(H,18,19,20,21). The smallest absolute Gasteiger partial charge is 0.226 e. The number of aromatic nitrogens is 5. The maximum Gasteiger partial charge on any atom is 0.226 e. The first-order chi connectivity index (χ1) is 10.9. The minimum atomic E-state index is 0.559. The van der Waals surface area contributed by atoms with Gasteiger partial charge in [-0.1, -0.05) is 42.5 Å². The Bertz CT molecular complexity index is 867. The van der Waals surface area contributed by atoms with E-state index in [2.05, 4.69) is 25.6 Å². The molecule has 6 nitrogen and oxygen atoms in total. The molecule has 0 bridgehead atoms. The minimum absolute atomic E-state index is 0.559. The Morgan fingerprint density at radius 1 is 0.818 bits per heavy atom. The highest BCUT2D eigenvalue weighted by Gasteiger charge is 2.09. The van der Waals surface area contributed by atoms with Crippen molar-refractivity contribution >= 4 is 0 Å². The number of rotatable bonds is 3. The number of H-pyrrole nitrogens is 1. The lowest BCUT2D eigenvalue weighted by molar-refractivity contribution is 0.575. The van der Waals surface area contributed by atoms with Crippen LogP contribution in [0.15, 0.2) is 65.3 Å². The topological polar surface area (TPSA) is 80.5 Å². The molecular formula is C16H11N5O. The Labute approximate surface area is 125 Å². The van der Waals surface area contributed by atoms with Crippen LogP contribution in [-0.4, -0.2) is 25.6 Å². The predicted octanol–water partition coefficient (Wildman–Crippen LogP) is 3.19. The van der Waals surface area contributed by atoms with Gasteiger partial charge in [0.2, 0.25) is 11.7 Å². The summed E-state index contributed by atoms with van der Waals surface area (Å²) in [7, 11) is 0. The van der Waals surface area contributed by atoms with Gasteiger partial charge in [-0.25, -0.2) is 4.98 Å². The molecule has 1 N–H and O–H groups in total. The van der Waals surface area contributed by atoms with Gasteiger partial charge in [0.25, 0.3) is 0 Å². The molecule has 2 aromatic carbocycles. The van der Waals surface area contributed by atoms with Crippen LogP contribution in [0.25, 0.3) is 34.1 Å². The Kier molecular flexibility index (Phi) is 2.97. The fraction of sp³-hybridized carbons (Fsp3) is 0. The molecule has 0 aliphatic carbocycles. The molecule has 2 heterocycles. The number of hydrogen-bond donors (Lipinski definition) is 1. The van der Waals surface area contributed by atoms with Crippen molar-refractivity contribution in [3.8, 4) is 34.1 Å². The Morgan fingerprint density at radius 2 is 1.59 bits per heavy atom. The third-order valence-electron chi connectivity index (χ3n) is 3.31. The lowest BCUT2D eigenvalue weighted by Gasteiger charge is -1.97. The van der Waals surface area contributed by atoms with Crippen LogP contribution in [0.4, 0.5) is 0 Å². The van der Waals surface area contributed by atoms with Gasteiger partial charge in [0.1, 0.15) is 12.0 Å². The third-order valence-corrected chi connectivity index (χ3v) is 3.31. The van der Waals surface area contributed by atoms with Gasteiger partial charge in [-0.3, -0.25) is 0 Å². The predicted molar refractivity (Wildman–Crippen MR) is 80.5 cm³/mol. The summed E-state index contributed by atoms with van der Waals surface area (Å²) in [4.78, 5) is 4.53. The van der Waals surface area contributed by atoms with E-state index in [4.69, 9.17) is 4.42 Å². The number of nitrogens with one attached hydrogen (secondary N) is 1. The van der Waals surface area contributed by atoms with E-state index in [0.717, 1.165) is 22.4 Å². The molecule has 4 aromatic rings. The van der Waals surface area contributed by atoms with E-state index in [-0.39, 0.29) is 0 Å². The first kappa shape index (κ1) is 12.5. The van der Waals surface area contributed by atoms with Gasteiger partial charge in [-0.15, -0.1) is 10.2 Å². The van der Waals surface area contributed by atoms with E-state index in [1.165, 1.54) is 0 Å². The number of tetrazole rings is 1. The van der Waals surface area contributed by atoms with Crippen molar-refractivity contribution in [2.45, 2.75) is 0 Å². The SMILES string of the molecule is c1ccc(-c2coc(-c3ccc(-c4nn[nH]n4)cc3)n2)cc1. The third kappa shape index (κ3) is 2.26. The van der Waals surface area contributed by atoms with E-state index in [1.54, 1.807) is 6.26 Å². The van der Waals surface area contributed by atoms with Crippen molar-refractivity contribution in [3.05, 3.63) is 60.9 Å². The second-order valence-corrected chi connectivity index (χ2v) is 4.72. The number of oxazole rings is 1. The van der Waals surface area contributed by atoms with Crippen LogP contribution in [-0.2, 0) is 0 Å². The zero-order valence-corrected chi connectivity index (χ0v) is 11.5.